The minimum atomic E-state index is 0.630. The van der Waals surface area contributed by atoms with Gasteiger partial charge in [0.05, 0.1) is 12.8 Å². The molecule has 0 aromatic heterocycles. The fourth-order valence-corrected chi connectivity index (χ4v) is 0.460. The number of rotatable bonds is 2. The minimum absolute atomic E-state index is 0.630. The number of nitrogens with one attached hydrogen (secondary N) is 1. The van der Waals surface area contributed by atoms with Crippen molar-refractivity contribution in [1.82, 2.24) is 5.32 Å². The standard InChI is InChI=1S/C5H12N2O/c1-4(6)5(7-2)8-3/h7H,6H2,1-3H3/b5-4-. The molecule has 3 nitrogen and oxygen atoms in total. The molecule has 0 fully saturated rings. The SMILES string of the molecule is CN/C(OC)=C(\C)N. The number of hydrogen-bond donors (Lipinski definition) is 2. The highest BCUT2D eigenvalue weighted by molar-refractivity contribution is 4.97. The van der Waals surface area contributed by atoms with Gasteiger partial charge in [-0.1, -0.05) is 0 Å². The molecule has 0 radical (unpaired) electrons. The largest absolute Gasteiger partial charge is 0.481 e. The molecule has 0 aromatic carbocycles. The maximum atomic E-state index is 5.35. The van der Waals surface area contributed by atoms with Crippen molar-refractivity contribution in [3.8, 4) is 0 Å². The third-order valence-corrected chi connectivity index (χ3v) is 0.789. The second kappa shape index (κ2) is 3.18. The van der Waals surface area contributed by atoms with Crippen LogP contribution in [0, 0.1) is 0 Å². The van der Waals surface area contributed by atoms with Crippen molar-refractivity contribution in [2.24, 2.45) is 5.73 Å². The Balaban J connectivity index is 3.86. The molecule has 0 bridgehead atoms. The average Bonchev–Trinajstić information content (AvgIpc) is 1.69. The van der Waals surface area contributed by atoms with Crippen LogP contribution >= 0.6 is 0 Å². The van der Waals surface area contributed by atoms with Crippen molar-refractivity contribution < 1.29 is 4.74 Å². The Morgan fingerprint density at radius 3 is 2.12 bits per heavy atom. The summed E-state index contributed by atoms with van der Waals surface area (Å²) in [4.78, 5) is 0. The summed E-state index contributed by atoms with van der Waals surface area (Å²) in [6.45, 7) is 1.77. The first-order valence-corrected chi connectivity index (χ1v) is 2.40. The van der Waals surface area contributed by atoms with E-state index in [9.17, 15) is 0 Å². The first kappa shape index (κ1) is 7.14. The summed E-state index contributed by atoms with van der Waals surface area (Å²) in [5, 5.41) is 2.78. The van der Waals surface area contributed by atoms with Gasteiger partial charge in [-0.2, -0.15) is 0 Å². The summed E-state index contributed by atoms with van der Waals surface area (Å²) in [6, 6.07) is 0. The minimum Gasteiger partial charge on any atom is -0.481 e. The van der Waals surface area contributed by atoms with Crippen molar-refractivity contribution in [2.45, 2.75) is 6.92 Å². The van der Waals surface area contributed by atoms with Gasteiger partial charge in [0.2, 0.25) is 5.88 Å². The van der Waals surface area contributed by atoms with Gasteiger partial charge >= 0.3 is 0 Å². The van der Waals surface area contributed by atoms with E-state index in [0.29, 0.717) is 11.6 Å². The van der Waals surface area contributed by atoms with Crippen molar-refractivity contribution >= 4 is 0 Å². The van der Waals surface area contributed by atoms with Gasteiger partial charge in [0.1, 0.15) is 0 Å². The van der Waals surface area contributed by atoms with Crippen molar-refractivity contribution in [1.29, 1.82) is 0 Å². The van der Waals surface area contributed by atoms with Crippen LogP contribution in [0.25, 0.3) is 0 Å². The molecular formula is C5H12N2O. The lowest BCUT2D eigenvalue weighted by Gasteiger charge is -2.04. The summed E-state index contributed by atoms with van der Waals surface area (Å²) in [5.41, 5.74) is 6.01. The first-order valence-electron chi connectivity index (χ1n) is 2.40. The third-order valence-electron chi connectivity index (χ3n) is 0.789. The van der Waals surface area contributed by atoms with E-state index in [1.807, 2.05) is 0 Å². The Morgan fingerprint density at radius 1 is 1.62 bits per heavy atom. The van der Waals surface area contributed by atoms with Crippen molar-refractivity contribution in [3.05, 3.63) is 11.6 Å². The average molecular weight is 116 g/mol. The number of hydrogen-bond acceptors (Lipinski definition) is 3. The van der Waals surface area contributed by atoms with Gasteiger partial charge in [-0.15, -0.1) is 0 Å². The summed E-state index contributed by atoms with van der Waals surface area (Å²) in [7, 11) is 3.33. The van der Waals surface area contributed by atoms with E-state index in [0.717, 1.165) is 0 Å². The first-order chi connectivity index (χ1) is 3.72. The molecule has 0 unspecified atom stereocenters. The van der Waals surface area contributed by atoms with Crippen LogP contribution in [0.5, 0.6) is 0 Å². The zero-order valence-electron chi connectivity index (χ0n) is 5.49. The second-order valence-electron chi connectivity index (χ2n) is 1.47. The van der Waals surface area contributed by atoms with Crippen LogP contribution in [0.4, 0.5) is 0 Å². The molecule has 48 valence electrons. The van der Waals surface area contributed by atoms with Crippen molar-refractivity contribution in [2.75, 3.05) is 14.2 Å². The highest BCUT2D eigenvalue weighted by Gasteiger charge is 1.90. The molecule has 0 spiro atoms. The summed E-state index contributed by atoms with van der Waals surface area (Å²) >= 11 is 0. The Hall–Kier alpha value is -0.860. The van der Waals surface area contributed by atoms with E-state index in [4.69, 9.17) is 10.5 Å². The lowest BCUT2D eigenvalue weighted by atomic mass is 10.5. The van der Waals surface area contributed by atoms with Crippen molar-refractivity contribution in [3.63, 3.8) is 0 Å². The molecule has 0 aliphatic carbocycles. The molecule has 8 heavy (non-hydrogen) atoms. The Labute approximate surface area is 49.5 Å². The van der Waals surface area contributed by atoms with Gasteiger partial charge in [-0.05, 0) is 6.92 Å². The molecule has 0 amide bonds. The zero-order chi connectivity index (χ0) is 6.57. The number of methoxy groups -OCH3 is 1. The molecule has 0 atom stereocenters. The quantitative estimate of drug-likeness (QED) is 0.499. The maximum absolute atomic E-state index is 5.35. The highest BCUT2D eigenvalue weighted by Crippen LogP contribution is 1.90. The van der Waals surface area contributed by atoms with Crippen LogP contribution in [0.3, 0.4) is 0 Å². The Kier molecular flexibility index (Phi) is 2.84. The normalized spacial score (nSPS) is 12.4. The molecule has 0 heterocycles. The predicted molar refractivity (Wildman–Crippen MR) is 33.0 cm³/mol. The van der Waals surface area contributed by atoms with E-state index in [-0.39, 0.29) is 0 Å². The molecule has 3 N–H and O–H groups in total. The van der Waals surface area contributed by atoms with Gasteiger partial charge in [0.15, 0.2) is 0 Å². The van der Waals surface area contributed by atoms with Gasteiger partial charge in [-0.25, -0.2) is 0 Å². The molecule has 0 rings (SSSR count). The van der Waals surface area contributed by atoms with Crippen LogP contribution in [0.15, 0.2) is 11.6 Å². The monoisotopic (exact) mass is 116 g/mol. The second-order valence-corrected chi connectivity index (χ2v) is 1.47. The molecule has 0 saturated heterocycles. The number of ether oxygens (including phenoxy) is 1. The molecule has 0 saturated carbocycles. The van der Waals surface area contributed by atoms with Crippen LogP contribution in [0.1, 0.15) is 6.92 Å². The number of nitrogens with two attached hydrogens (primary N) is 1. The van der Waals surface area contributed by atoms with E-state index in [1.165, 1.54) is 0 Å². The van der Waals surface area contributed by atoms with E-state index < -0.39 is 0 Å². The highest BCUT2D eigenvalue weighted by atomic mass is 16.5. The van der Waals surface area contributed by atoms with E-state index in [2.05, 4.69) is 5.32 Å². The summed E-state index contributed by atoms with van der Waals surface area (Å²) in [5.74, 6) is 0.630. The van der Waals surface area contributed by atoms with Crippen LogP contribution in [-0.2, 0) is 4.74 Å². The van der Waals surface area contributed by atoms with Gasteiger partial charge in [0, 0.05) is 7.05 Å². The fraction of sp³-hybridized carbons (Fsp3) is 0.600. The Morgan fingerprint density at radius 2 is 2.12 bits per heavy atom. The van der Waals surface area contributed by atoms with Crippen LogP contribution < -0.4 is 11.1 Å². The van der Waals surface area contributed by atoms with E-state index in [1.54, 1.807) is 21.1 Å². The van der Waals surface area contributed by atoms with Crippen LogP contribution in [0.2, 0.25) is 0 Å². The fourth-order valence-electron chi connectivity index (χ4n) is 0.460. The molecule has 0 aliphatic heterocycles. The topological polar surface area (TPSA) is 47.3 Å². The predicted octanol–water partition coefficient (Wildman–Crippen LogP) is -0.0001000. The zero-order valence-corrected chi connectivity index (χ0v) is 5.49. The number of allylic oxidation sites excluding steroid dienone is 1. The lowest BCUT2D eigenvalue weighted by Crippen LogP contribution is -2.13. The molecule has 0 aliphatic rings. The molecule has 0 aromatic rings. The molecule has 3 heteroatoms. The summed E-state index contributed by atoms with van der Waals surface area (Å²) in [6.07, 6.45) is 0. The van der Waals surface area contributed by atoms with Crippen LogP contribution in [-0.4, -0.2) is 14.2 Å². The molecular weight excluding hydrogens is 104 g/mol. The Bertz CT molecular complexity index is 88.6. The lowest BCUT2D eigenvalue weighted by molar-refractivity contribution is 0.262. The maximum Gasteiger partial charge on any atom is 0.205 e. The van der Waals surface area contributed by atoms with Gasteiger partial charge in [-0.3, -0.25) is 0 Å². The summed E-state index contributed by atoms with van der Waals surface area (Å²) < 4.78 is 4.80. The van der Waals surface area contributed by atoms with Gasteiger partial charge < -0.3 is 15.8 Å². The smallest absolute Gasteiger partial charge is 0.205 e. The van der Waals surface area contributed by atoms with Gasteiger partial charge in [0.25, 0.3) is 0 Å². The van der Waals surface area contributed by atoms with E-state index >= 15 is 0 Å². The third kappa shape index (κ3) is 1.73.